The third kappa shape index (κ3) is 2.93. The molecule has 106 valence electrons. The van der Waals surface area contributed by atoms with Crippen LogP contribution >= 0.6 is 11.6 Å². The van der Waals surface area contributed by atoms with Crippen molar-refractivity contribution in [3.63, 3.8) is 0 Å². The average Bonchev–Trinajstić information content (AvgIpc) is 2.76. The first-order valence-corrected chi connectivity index (χ1v) is 6.50. The van der Waals surface area contributed by atoms with Crippen LogP contribution in [-0.2, 0) is 18.3 Å². The van der Waals surface area contributed by atoms with E-state index in [-0.39, 0.29) is 0 Å². The molecule has 0 spiro atoms. The molecule has 1 heterocycles. The molecule has 1 aromatic heterocycles. The van der Waals surface area contributed by atoms with Gasteiger partial charge in [0.05, 0.1) is 24.6 Å². The number of anilines is 1. The predicted molar refractivity (Wildman–Crippen MR) is 78.1 cm³/mol. The summed E-state index contributed by atoms with van der Waals surface area (Å²) in [5, 5.41) is 7.94. The summed E-state index contributed by atoms with van der Waals surface area (Å²) in [6.45, 7) is 2.55. The Morgan fingerprint density at radius 3 is 2.85 bits per heavy atom. The van der Waals surface area contributed by atoms with Crippen LogP contribution in [0.3, 0.4) is 0 Å². The molecule has 6 heteroatoms. The molecular formula is C14H16ClN3O2. The normalized spacial score (nSPS) is 10.4. The second kappa shape index (κ2) is 5.96. The van der Waals surface area contributed by atoms with E-state index in [2.05, 4.69) is 10.4 Å². The minimum Gasteiger partial charge on any atom is -0.465 e. The molecular weight excluding hydrogens is 278 g/mol. The highest BCUT2D eigenvalue weighted by Crippen LogP contribution is 2.22. The third-order valence-electron chi connectivity index (χ3n) is 3.19. The summed E-state index contributed by atoms with van der Waals surface area (Å²) in [6, 6.07) is 5.01. The zero-order chi connectivity index (χ0) is 14.7. The smallest absolute Gasteiger partial charge is 0.339 e. The van der Waals surface area contributed by atoms with Gasteiger partial charge in [0, 0.05) is 29.9 Å². The fraction of sp³-hybridized carbons (Fsp3) is 0.286. The van der Waals surface area contributed by atoms with Crippen LogP contribution in [0.25, 0.3) is 0 Å². The summed E-state index contributed by atoms with van der Waals surface area (Å²) in [4.78, 5) is 11.7. The van der Waals surface area contributed by atoms with Crippen molar-refractivity contribution in [3.05, 3.63) is 46.2 Å². The van der Waals surface area contributed by atoms with Crippen LogP contribution in [0.5, 0.6) is 0 Å². The molecule has 0 atom stereocenters. The van der Waals surface area contributed by atoms with Crippen molar-refractivity contribution in [2.75, 3.05) is 12.4 Å². The first-order valence-electron chi connectivity index (χ1n) is 6.12. The number of nitrogens with one attached hydrogen (secondary N) is 1. The molecule has 0 aliphatic heterocycles. The lowest BCUT2D eigenvalue weighted by atomic mass is 10.1. The Morgan fingerprint density at radius 2 is 2.25 bits per heavy atom. The number of rotatable bonds is 4. The molecule has 0 amide bonds. The van der Waals surface area contributed by atoms with Crippen LogP contribution in [0, 0.1) is 6.92 Å². The second-order valence-electron chi connectivity index (χ2n) is 4.41. The number of methoxy groups -OCH3 is 1. The van der Waals surface area contributed by atoms with E-state index in [9.17, 15) is 4.79 Å². The van der Waals surface area contributed by atoms with Gasteiger partial charge in [0.1, 0.15) is 0 Å². The van der Waals surface area contributed by atoms with Crippen molar-refractivity contribution in [1.82, 2.24) is 9.78 Å². The van der Waals surface area contributed by atoms with Gasteiger partial charge in [0.15, 0.2) is 0 Å². The van der Waals surface area contributed by atoms with E-state index >= 15 is 0 Å². The van der Waals surface area contributed by atoms with Crippen molar-refractivity contribution >= 4 is 23.3 Å². The number of nitrogens with zero attached hydrogens (tertiary/aromatic N) is 2. The highest BCUT2D eigenvalue weighted by molar-refractivity contribution is 6.31. The number of halogens is 1. The Bertz CT molecular complexity index is 637. The molecule has 0 saturated heterocycles. The molecule has 5 nitrogen and oxygen atoms in total. The van der Waals surface area contributed by atoms with E-state index in [1.807, 2.05) is 14.0 Å². The number of hydrogen-bond donors (Lipinski definition) is 1. The summed E-state index contributed by atoms with van der Waals surface area (Å²) in [6.07, 6.45) is 1.80. The quantitative estimate of drug-likeness (QED) is 0.881. The number of aromatic nitrogens is 2. The molecule has 0 bridgehead atoms. The van der Waals surface area contributed by atoms with E-state index in [4.69, 9.17) is 16.3 Å². The molecule has 0 fully saturated rings. The van der Waals surface area contributed by atoms with Crippen molar-refractivity contribution in [1.29, 1.82) is 0 Å². The zero-order valence-corrected chi connectivity index (χ0v) is 12.4. The lowest BCUT2D eigenvalue weighted by molar-refractivity contribution is 0.0602. The second-order valence-corrected chi connectivity index (χ2v) is 4.85. The van der Waals surface area contributed by atoms with Gasteiger partial charge in [-0.05, 0) is 25.1 Å². The minimum absolute atomic E-state index is 0.396. The molecule has 0 radical (unpaired) electrons. The molecule has 1 N–H and O–H groups in total. The fourth-order valence-corrected chi connectivity index (χ4v) is 2.03. The molecule has 2 rings (SSSR count). The zero-order valence-electron chi connectivity index (χ0n) is 11.6. The summed E-state index contributed by atoms with van der Waals surface area (Å²) in [5.41, 5.74) is 3.23. The topological polar surface area (TPSA) is 56.1 Å². The number of benzene rings is 1. The molecule has 0 aliphatic carbocycles. The highest BCUT2D eigenvalue weighted by Gasteiger charge is 2.13. The van der Waals surface area contributed by atoms with E-state index < -0.39 is 5.97 Å². The van der Waals surface area contributed by atoms with Crippen LogP contribution in [0.1, 0.15) is 21.6 Å². The van der Waals surface area contributed by atoms with Gasteiger partial charge in [0.25, 0.3) is 0 Å². The van der Waals surface area contributed by atoms with E-state index in [1.165, 1.54) is 7.11 Å². The number of carbonyl (C=O) groups excluding carboxylic acids is 1. The summed E-state index contributed by atoms with van der Waals surface area (Å²) in [5.74, 6) is -0.396. The number of ether oxygens (including phenoxy) is 1. The monoisotopic (exact) mass is 293 g/mol. The Morgan fingerprint density at radius 1 is 1.50 bits per heavy atom. The third-order valence-corrected chi connectivity index (χ3v) is 3.43. The molecule has 1 aromatic carbocycles. The molecule has 0 saturated carbocycles. The van der Waals surface area contributed by atoms with Crippen LogP contribution in [-0.4, -0.2) is 22.9 Å². The fourth-order valence-electron chi connectivity index (χ4n) is 1.86. The van der Waals surface area contributed by atoms with E-state index in [1.54, 1.807) is 29.1 Å². The lowest BCUT2D eigenvalue weighted by Crippen LogP contribution is -2.08. The lowest BCUT2D eigenvalue weighted by Gasteiger charge is -2.11. The Kier molecular flexibility index (Phi) is 4.29. The maximum absolute atomic E-state index is 11.7. The Hall–Kier alpha value is -2.01. The van der Waals surface area contributed by atoms with Gasteiger partial charge >= 0.3 is 5.97 Å². The summed E-state index contributed by atoms with van der Waals surface area (Å²) < 4.78 is 6.56. The first kappa shape index (κ1) is 14.4. The van der Waals surface area contributed by atoms with Gasteiger partial charge in [-0.25, -0.2) is 4.79 Å². The van der Waals surface area contributed by atoms with Gasteiger partial charge in [0.2, 0.25) is 0 Å². The van der Waals surface area contributed by atoms with Crippen molar-refractivity contribution < 1.29 is 9.53 Å². The van der Waals surface area contributed by atoms with Crippen molar-refractivity contribution in [2.24, 2.45) is 7.05 Å². The largest absolute Gasteiger partial charge is 0.465 e. The summed E-state index contributed by atoms with van der Waals surface area (Å²) >= 11 is 5.97. The maximum atomic E-state index is 11.7. The van der Waals surface area contributed by atoms with Crippen LogP contribution in [0.2, 0.25) is 5.02 Å². The number of carbonyl (C=O) groups is 1. The van der Waals surface area contributed by atoms with E-state index in [0.29, 0.717) is 22.8 Å². The molecule has 20 heavy (non-hydrogen) atoms. The van der Waals surface area contributed by atoms with Gasteiger partial charge in [-0.15, -0.1) is 0 Å². The molecule has 0 unspecified atom stereocenters. The average molecular weight is 294 g/mol. The minimum atomic E-state index is -0.396. The van der Waals surface area contributed by atoms with Crippen LogP contribution in [0.4, 0.5) is 5.69 Å². The van der Waals surface area contributed by atoms with Crippen molar-refractivity contribution in [3.8, 4) is 0 Å². The predicted octanol–water partition coefficient (Wildman–Crippen LogP) is 2.78. The van der Waals surface area contributed by atoms with Crippen LogP contribution in [0.15, 0.2) is 24.4 Å². The standard InChI is InChI=1S/C14H16ClN3O2/c1-9-10(8-17-18(9)2)7-16-13-6-11(15)4-5-12(13)14(19)20-3/h4-6,8,16H,7H2,1-3H3. The van der Waals surface area contributed by atoms with Gasteiger partial charge < -0.3 is 10.1 Å². The van der Waals surface area contributed by atoms with Crippen LogP contribution < -0.4 is 5.32 Å². The highest BCUT2D eigenvalue weighted by atomic mass is 35.5. The SMILES string of the molecule is COC(=O)c1ccc(Cl)cc1NCc1cnn(C)c1C. The number of aryl methyl sites for hydroxylation is 1. The number of esters is 1. The Balaban J connectivity index is 2.22. The number of hydrogen-bond acceptors (Lipinski definition) is 4. The van der Waals surface area contributed by atoms with E-state index in [0.717, 1.165) is 11.3 Å². The summed E-state index contributed by atoms with van der Waals surface area (Å²) in [7, 11) is 3.24. The van der Waals surface area contributed by atoms with Gasteiger partial charge in [-0.3, -0.25) is 4.68 Å². The Labute approximate surface area is 122 Å². The maximum Gasteiger partial charge on any atom is 0.339 e. The van der Waals surface area contributed by atoms with Crippen molar-refractivity contribution in [2.45, 2.75) is 13.5 Å². The van der Waals surface area contributed by atoms with Gasteiger partial charge in [-0.2, -0.15) is 5.10 Å². The first-order chi connectivity index (χ1) is 9.52. The van der Waals surface area contributed by atoms with Gasteiger partial charge in [-0.1, -0.05) is 11.6 Å². The molecule has 2 aromatic rings. The molecule has 0 aliphatic rings.